The first kappa shape index (κ1) is 14.9. The van der Waals surface area contributed by atoms with E-state index in [9.17, 15) is 4.79 Å². The van der Waals surface area contributed by atoms with Crippen molar-refractivity contribution < 1.29 is 4.79 Å². The highest BCUT2D eigenvalue weighted by Gasteiger charge is 2.26. The van der Waals surface area contributed by atoms with E-state index >= 15 is 0 Å². The van der Waals surface area contributed by atoms with E-state index < -0.39 is 0 Å². The lowest BCUT2D eigenvalue weighted by Gasteiger charge is -2.38. The number of hydrogen-bond donors (Lipinski definition) is 1. The molecule has 0 radical (unpaired) electrons. The van der Waals surface area contributed by atoms with Gasteiger partial charge in [-0.3, -0.25) is 4.79 Å². The zero-order valence-corrected chi connectivity index (χ0v) is 12.9. The van der Waals surface area contributed by atoms with Crippen LogP contribution in [0.3, 0.4) is 0 Å². The van der Waals surface area contributed by atoms with Gasteiger partial charge in [0.1, 0.15) is 0 Å². The number of carbonyl (C=O) groups is 1. The largest absolute Gasteiger partial charge is 0.385 e. The molecule has 1 unspecified atom stereocenters. The highest BCUT2D eigenvalue weighted by molar-refractivity contribution is 6.00. The molecule has 2 rings (SSSR count). The Morgan fingerprint density at radius 2 is 2.15 bits per heavy atom. The second kappa shape index (κ2) is 6.27. The van der Waals surface area contributed by atoms with Crippen LogP contribution in [-0.2, 0) is 0 Å². The molecule has 1 aliphatic rings. The van der Waals surface area contributed by atoms with Gasteiger partial charge in [0.15, 0.2) is 0 Å². The fourth-order valence-electron chi connectivity index (χ4n) is 2.58. The predicted octanol–water partition coefficient (Wildman–Crippen LogP) is 2.20. The summed E-state index contributed by atoms with van der Waals surface area (Å²) in [4.78, 5) is 17.0. The third-order valence-electron chi connectivity index (χ3n) is 4.02. The first-order valence-corrected chi connectivity index (χ1v) is 7.37. The van der Waals surface area contributed by atoms with Crippen LogP contribution in [0.15, 0.2) is 18.2 Å². The van der Waals surface area contributed by atoms with E-state index in [4.69, 9.17) is 0 Å². The molecule has 0 saturated carbocycles. The molecule has 1 aromatic carbocycles. The molecule has 1 heterocycles. The minimum absolute atomic E-state index is 0.143. The van der Waals surface area contributed by atoms with Crippen molar-refractivity contribution >= 4 is 11.6 Å². The van der Waals surface area contributed by atoms with Crippen molar-refractivity contribution in [1.82, 2.24) is 9.80 Å². The molecule has 1 fully saturated rings. The second-order valence-electron chi connectivity index (χ2n) is 5.66. The van der Waals surface area contributed by atoms with Gasteiger partial charge in [-0.15, -0.1) is 0 Å². The first-order chi connectivity index (χ1) is 9.52. The summed E-state index contributed by atoms with van der Waals surface area (Å²) in [6, 6.07) is 6.45. The van der Waals surface area contributed by atoms with Gasteiger partial charge in [0.05, 0.1) is 5.56 Å². The molecule has 110 valence electrons. The number of aryl methyl sites for hydroxylation is 1. The molecule has 1 saturated heterocycles. The number of rotatable bonds is 3. The van der Waals surface area contributed by atoms with Crippen molar-refractivity contribution in [3.8, 4) is 0 Å². The average molecular weight is 275 g/mol. The highest BCUT2D eigenvalue weighted by atomic mass is 16.2. The second-order valence-corrected chi connectivity index (χ2v) is 5.66. The van der Waals surface area contributed by atoms with Crippen LogP contribution in [0.1, 0.15) is 29.8 Å². The third kappa shape index (κ3) is 3.12. The fourth-order valence-corrected chi connectivity index (χ4v) is 2.58. The normalized spacial score (nSPS) is 20.0. The van der Waals surface area contributed by atoms with E-state index in [1.165, 1.54) is 0 Å². The van der Waals surface area contributed by atoms with Crippen LogP contribution in [0.5, 0.6) is 0 Å². The molecule has 1 atom stereocenters. The molecule has 1 N–H and O–H groups in total. The van der Waals surface area contributed by atoms with E-state index in [1.807, 2.05) is 36.9 Å². The van der Waals surface area contributed by atoms with Gasteiger partial charge in [0, 0.05) is 37.9 Å². The van der Waals surface area contributed by atoms with Crippen molar-refractivity contribution in [2.45, 2.75) is 26.8 Å². The summed E-state index contributed by atoms with van der Waals surface area (Å²) in [6.45, 7) is 9.61. The number of carbonyl (C=O) groups excluding carboxylic acids is 1. The van der Waals surface area contributed by atoms with Crippen molar-refractivity contribution in [3.05, 3.63) is 29.3 Å². The molecule has 0 spiro atoms. The van der Waals surface area contributed by atoms with Crippen LogP contribution in [0.4, 0.5) is 5.69 Å². The monoisotopic (exact) mass is 275 g/mol. The highest BCUT2D eigenvalue weighted by Crippen LogP contribution is 2.21. The molecule has 0 aromatic heterocycles. The standard InChI is InChI=1S/C16H25N3O/c1-5-17-15-7-6-12(2)10-14(15)16(20)19-9-8-18(4)13(3)11-19/h6-7,10,13,17H,5,8-9,11H2,1-4H3. The quantitative estimate of drug-likeness (QED) is 0.918. The lowest BCUT2D eigenvalue weighted by molar-refractivity contribution is 0.0573. The van der Waals surface area contributed by atoms with Gasteiger partial charge in [0.25, 0.3) is 5.91 Å². The Morgan fingerprint density at radius 1 is 1.40 bits per heavy atom. The molecule has 0 bridgehead atoms. The number of piperazine rings is 1. The summed E-state index contributed by atoms with van der Waals surface area (Å²) in [7, 11) is 2.11. The summed E-state index contributed by atoms with van der Waals surface area (Å²) in [5, 5.41) is 3.29. The minimum Gasteiger partial charge on any atom is -0.385 e. The molecule has 20 heavy (non-hydrogen) atoms. The lowest BCUT2D eigenvalue weighted by Crippen LogP contribution is -2.52. The third-order valence-corrected chi connectivity index (χ3v) is 4.02. The summed E-state index contributed by atoms with van der Waals surface area (Å²) in [5.41, 5.74) is 2.86. The maximum Gasteiger partial charge on any atom is 0.256 e. The Bertz CT molecular complexity index is 487. The van der Waals surface area contributed by atoms with Gasteiger partial charge in [-0.25, -0.2) is 0 Å². The fraction of sp³-hybridized carbons (Fsp3) is 0.562. The molecular weight excluding hydrogens is 250 g/mol. The van der Waals surface area contributed by atoms with Crippen LogP contribution in [-0.4, -0.2) is 55.0 Å². The van der Waals surface area contributed by atoms with Gasteiger partial charge < -0.3 is 15.1 Å². The molecule has 0 aliphatic carbocycles. The molecule has 1 aromatic rings. The number of anilines is 1. The minimum atomic E-state index is 0.143. The Balaban J connectivity index is 2.22. The summed E-state index contributed by atoms with van der Waals surface area (Å²) < 4.78 is 0. The molecule has 4 heteroatoms. The van der Waals surface area contributed by atoms with Crippen LogP contribution in [0.2, 0.25) is 0 Å². The van der Waals surface area contributed by atoms with E-state index in [0.29, 0.717) is 6.04 Å². The number of likely N-dealkylation sites (N-methyl/N-ethyl adjacent to an activating group) is 1. The number of nitrogens with one attached hydrogen (secondary N) is 1. The number of benzene rings is 1. The van der Waals surface area contributed by atoms with Gasteiger partial charge >= 0.3 is 0 Å². The zero-order valence-electron chi connectivity index (χ0n) is 12.9. The maximum atomic E-state index is 12.8. The van der Waals surface area contributed by atoms with Crippen molar-refractivity contribution in [2.24, 2.45) is 0 Å². The molecule has 1 aliphatic heterocycles. The Morgan fingerprint density at radius 3 is 2.80 bits per heavy atom. The number of nitrogens with zero attached hydrogens (tertiary/aromatic N) is 2. The SMILES string of the molecule is CCNc1ccc(C)cc1C(=O)N1CCN(C)C(C)C1. The topological polar surface area (TPSA) is 35.6 Å². The maximum absolute atomic E-state index is 12.8. The van der Waals surface area contributed by atoms with Gasteiger partial charge in [-0.1, -0.05) is 11.6 Å². The number of hydrogen-bond acceptors (Lipinski definition) is 3. The van der Waals surface area contributed by atoms with Crippen LogP contribution in [0, 0.1) is 6.92 Å². The van der Waals surface area contributed by atoms with Gasteiger partial charge in [0.2, 0.25) is 0 Å². The zero-order chi connectivity index (χ0) is 14.7. The summed E-state index contributed by atoms with van der Waals surface area (Å²) in [6.07, 6.45) is 0. The average Bonchev–Trinajstić information content (AvgIpc) is 2.43. The van der Waals surface area contributed by atoms with Crippen LogP contribution < -0.4 is 5.32 Å². The smallest absolute Gasteiger partial charge is 0.256 e. The Labute approximate surface area is 121 Å². The van der Waals surface area contributed by atoms with E-state index in [-0.39, 0.29) is 5.91 Å². The first-order valence-electron chi connectivity index (χ1n) is 7.37. The Hall–Kier alpha value is -1.55. The van der Waals surface area contributed by atoms with Crippen molar-refractivity contribution in [1.29, 1.82) is 0 Å². The molecule has 1 amide bonds. The van der Waals surface area contributed by atoms with E-state index in [2.05, 4.69) is 24.2 Å². The Kier molecular flexibility index (Phi) is 4.65. The summed E-state index contributed by atoms with van der Waals surface area (Å²) >= 11 is 0. The van der Waals surface area contributed by atoms with Crippen LogP contribution >= 0.6 is 0 Å². The van der Waals surface area contributed by atoms with Crippen molar-refractivity contribution in [2.75, 3.05) is 38.5 Å². The van der Waals surface area contributed by atoms with E-state index in [0.717, 1.165) is 43.0 Å². The molecule has 4 nitrogen and oxygen atoms in total. The van der Waals surface area contributed by atoms with E-state index in [1.54, 1.807) is 0 Å². The predicted molar refractivity (Wildman–Crippen MR) is 83.3 cm³/mol. The van der Waals surface area contributed by atoms with Crippen molar-refractivity contribution in [3.63, 3.8) is 0 Å². The number of amides is 1. The van der Waals surface area contributed by atoms with Gasteiger partial charge in [-0.05, 0) is 40.0 Å². The summed E-state index contributed by atoms with van der Waals surface area (Å²) in [5.74, 6) is 0.143. The van der Waals surface area contributed by atoms with Crippen LogP contribution in [0.25, 0.3) is 0 Å². The molecular formula is C16H25N3O. The van der Waals surface area contributed by atoms with Gasteiger partial charge in [-0.2, -0.15) is 0 Å². The lowest BCUT2D eigenvalue weighted by atomic mass is 10.1.